The third-order valence-electron chi connectivity index (χ3n) is 4.17. The number of carbonyl (C=O) groups is 3. The molecule has 10 nitrogen and oxygen atoms in total. The first-order chi connectivity index (χ1) is 13.9. The lowest BCUT2D eigenvalue weighted by atomic mass is 10.1. The number of rotatable bonds is 7. The second kappa shape index (κ2) is 8.91. The van der Waals surface area contributed by atoms with Crippen molar-refractivity contribution in [3.05, 3.63) is 47.2 Å². The standard InChI is InChI=1S/C19H20N6O4/c1-11-2-5-16(25-24-11)20-6-7-21-18(28)12-3-4-14-13(8-12)10-22-19(29)15(23-14)9-17(26)27/h2-5,8,10,15,23H,6-7,9H2,1H3,(H,20,25)(H,21,28)(H,26,27). The van der Waals surface area contributed by atoms with Gasteiger partial charge in [0.25, 0.3) is 11.8 Å². The van der Waals surface area contributed by atoms with Gasteiger partial charge in [-0.2, -0.15) is 5.10 Å². The third-order valence-corrected chi connectivity index (χ3v) is 4.17. The van der Waals surface area contributed by atoms with Gasteiger partial charge in [-0.3, -0.25) is 14.4 Å². The number of aromatic nitrogens is 2. The van der Waals surface area contributed by atoms with Crippen LogP contribution in [-0.2, 0) is 9.59 Å². The second-order valence-corrected chi connectivity index (χ2v) is 6.44. The summed E-state index contributed by atoms with van der Waals surface area (Å²) >= 11 is 0. The lowest BCUT2D eigenvalue weighted by Crippen LogP contribution is -2.30. The van der Waals surface area contributed by atoms with E-state index in [1.54, 1.807) is 18.2 Å². The molecule has 1 aliphatic rings. The number of nitrogens with zero attached hydrogens (tertiary/aromatic N) is 3. The van der Waals surface area contributed by atoms with Crippen LogP contribution in [0.3, 0.4) is 0 Å². The minimum Gasteiger partial charge on any atom is -0.481 e. The minimum atomic E-state index is -1.10. The van der Waals surface area contributed by atoms with E-state index in [0.717, 1.165) is 5.69 Å². The number of carboxylic acid groups (broad SMARTS) is 1. The number of hydrogen-bond acceptors (Lipinski definition) is 7. The van der Waals surface area contributed by atoms with Crippen molar-refractivity contribution in [1.29, 1.82) is 0 Å². The molecule has 2 aromatic rings. The van der Waals surface area contributed by atoms with Crippen molar-refractivity contribution in [3.63, 3.8) is 0 Å². The van der Waals surface area contributed by atoms with Gasteiger partial charge in [0.2, 0.25) is 0 Å². The van der Waals surface area contributed by atoms with Gasteiger partial charge in [0.15, 0.2) is 0 Å². The zero-order valence-electron chi connectivity index (χ0n) is 15.7. The van der Waals surface area contributed by atoms with E-state index in [2.05, 4.69) is 31.1 Å². The Morgan fingerprint density at radius 1 is 1.17 bits per heavy atom. The Morgan fingerprint density at radius 2 is 2.00 bits per heavy atom. The highest BCUT2D eigenvalue weighted by molar-refractivity contribution is 6.04. The number of fused-ring (bicyclic) bond motifs is 1. The fourth-order valence-electron chi connectivity index (χ4n) is 2.69. The zero-order valence-corrected chi connectivity index (χ0v) is 15.7. The van der Waals surface area contributed by atoms with E-state index in [1.165, 1.54) is 6.21 Å². The van der Waals surface area contributed by atoms with Gasteiger partial charge < -0.3 is 21.1 Å². The number of aliphatic imine (C=N–C) groups is 1. The first kappa shape index (κ1) is 19.9. The van der Waals surface area contributed by atoms with Crippen LogP contribution in [0.25, 0.3) is 0 Å². The van der Waals surface area contributed by atoms with Crippen LogP contribution in [0, 0.1) is 6.92 Å². The van der Waals surface area contributed by atoms with Gasteiger partial charge in [-0.25, -0.2) is 4.99 Å². The van der Waals surface area contributed by atoms with Gasteiger partial charge in [0.05, 0.1) is 12.1 Å². The summed E-state index contributed by atoms with van der Waals surface area (Å²) in [5.41, 5.74) is 2.30. The molecule has 0 saturated heterocycles. The van der Waals surface area contributed by atoms with Crippen LogP contribution in [0.2, 0.25) is 0 Å². The molecular formula is C19H20N6O4. The number of carboxylic acids is 1. The summed E-state index contributed by atoms with van der Waals surface area (Å²) in [5, 5.41) is 25.6. The first-order valence-corrected chi connectivity index (χ1v) is 8.95. The Bertz CT molecular complexity index is 958. The molecule has 1 atom stereocenters. The molecule has 29 heavy (non-hydrogen) atoms. The maximum atomic E-state index is 12.4. The molecule has 1 aromatic heterocycles. The largest absolute Gasteiger partial charge is 0.481 e. The molecule has 3 rings (SSSR count). The molecule has 2 heterocycles. The van der Waals surface area contributed by atoms with Crippen molar-refractivity contribution in [2.24, 2.45) is 4.99 Å². The SMILES string of the molecule is Cc1ccc(NCCNC(=O)c2ccc3c(c2)C=NC(=O)C(CC(=O)O)N3)nn1. The molecule has 0 spiro atoms. The number of benzodiazepines with no additional fused rings is 1. The summed E-state index contributed by atoms with van der Waals surface area (Å²) in [6, 6.07) is 7.52. The van der Waals surface area contributed by atoms with Gasteiger partial charge in [-0.15, -0.1) is 5.10 Å². The predicted octanol–water partition coefficient (Wildman–Crippen LogP) is 0.841. The molecule has 0 fully saturated rings. The molecule has 10 heteroatoms. The molecule has 1 aliphatic heterocycles. The predicted molar refractivity (Wildman–Crippen MR) is 106 cm³/mol. The summed E-state index contributed by atoms with van der Waals surface area (Å²) in [5.74, 6) is -1.33. The first-order valence-electron chi connectivity index (χ1n) is 8.95. The monoisotopic (exact) mass is 396 g/mol. The lowest BCUT2D eigenvalue weighted by molar-refractivity contribution is -0.138. The number of aliphatic carboxylic acids is 1. The summed E-state index contributed by atoms with van der Waals surface area (Å²) in [6.07, 6.45) is 0.955. The number of hydrogen-bond donors (Lipinski definition) is 4. The fourth-order valence-corrected chi connectivity index (χ4v) is 2.69. The van der Waals surface area contributed by atoms with E-state index >= 15 is 0 Å². The van der Waals surface area contributed by atoms with E-state index in [1.807, 2.05) is 19.1 Å². The van der Waals surface area contributed by atoms with E-state index in [-0.39, 0.29) is 12.3 Å². The lowest BCUT2D eigenvalue weighted by Gasteiger charge is -2.14. The van der Waals surface area contributed by atoms with Gasteiger partial charge >= 0.3 is 5.97 Å². The summed E-state index contributed by atoms with van der Waals surface area (Å²) in [7, 11) is 0. The highest BCUT2D eigenvalue weighted by Crippen LogP contribution is 2.20. The van der Waals surface area contributed by atoms with Gasteiger partial charge in [-0.1, -0.05) is 0 Å². The van der Waals surface area contributed by atoms with Gasteiger partial charge in [0, 0.05) is 36.1 Å². The zero-order chi connectivity index (χ0) is 20.8. The Morgan fingerprint density at radius 3 is 2.72 bits per heavy atom. The highest BCUT2D eigenvalue weighted by atomic mass is 16.4. The van der Waals surface area contributed by atoms with E-state index in [4.69, 9.17) is 5.11 Å². The summed E-state index contributed by atoms with van der Waals surface area (Å²) in [6.45, 7) is 2.69. The van der Waals surface area contributed by atoms with E-state index in [0.29, 0.717) is 35.7 Å². The van der Waals surface area contributed by atoms with Crippen molar-refractivity contribution in [2.45, 2.75) is 19.4 Å². The van der Waals surface area contributed by atoms with Crippen LogP contribution < -0.4 is 16.0 Å². The number of amides is 2. The van der Waals surface area contributed by atoms with Crippen molar-refractivity contribution >= 4 is 35.5 Å². The average molecular weight is 396 g/mol. The normalized spacial score (nSPS) is 15.1. The number of nitrogens with one attached hydrogen (secondary N) is 3. The van der Waals surface area contributed by atoms with Crippen LogP contribution in [-0.4, -0.2) is 58.4 Å². The summed E-state index contributed by atoms with van der Waals surface area (Å²) < 4.78 is 0. The van der Waals surface area contributed by atoms with Crippen molar-refractivity contribution < 1.29 is 19.5 Å². The van der Waals surface area contributed by atoms with Crippen LogP contribution in [0.4, 0.5) is 11.5 Å². The van der Waals surface area contributed by atoms with Crippen LogP contribution in [0.5, 0.6) is 0 Å². The van der Waals surface area contributed by atoms with Crippen LogP contribution >= 0.6 is 0 Å². The molecule has 0 aliphatic carbocycles. The molecule has 1 aromatic carbocycles. The molecule has 0 radical (unpaired) electrons. The topological polar surface area (TPSA) is 146 Å². The van der Waals surface area contributed by atoms with E-state index in [9.17, 15) is 14.4 Å². The van der Waals surface area contributed by atoms with Crippen molar-refractivity contribution in [1.82, 2.24) is 15.5 Å². The molecule has 1 unspecified atom stereocenters. The number of benzene rings is 1. The number of anilines is 2. The fraction of sp³-hybridized carbons (Fsp3) is 0.263. The van der Waals surface area contributed by atoms with Crippen LogP contribution in [0.15, 0.2) is 35.3 Å². The minimum absolute atomic E-state index is 0.282. The average Bonchev–Trinajstić information content (AvgIpc) is 2.84. The molecule has 4 N–H and O–H groups in total. The quantitative estimate of drug-likeness (QED) is 0.504. The smallest absolute Gasteiger partial charge is 0.305 e. The summed E-state index contributed by atoms with van der Waals surface area (Å²) in [4.78, 5) is 39.0. The van der Waals surface area contributed by atoms with Crippen molar-refractivity contribution in [3.8, 4) is 0 Å². The Hall–Kier alpha value is -3.82. The maximum absolute atomic E-state index is 12.4. The highest BCUT2D eigenvalue weighted by Gasteiger charge is 2.24. The molecule has 2 amide bonds. The van der Waals surface area contributed by atoms with Crippen molar-refractivity contribution in [2.75, 3.05) is 23.7 Å². The molecular weight excluding hydrogens is 376 g/mol. The van der Waals surface area contributed by atoms with Gasteiger partial charge in [0.1, 0.15) is 11.9 Å². The molecule has 0 saturated carbocycles. The maximum Gasteiger partial charge on any atom is 0.305 e. The second-order valence-electron chi connectivity index (χ2n) is 6.44. The van der Waals surface area contributed by atoms with Crippen LogP contribution in [0.1, 0.15) is 28.0 Å². The molecule has 150 valence electrons. The molecule has 0 bridgehead atoms. The van der Waals surface area contributed by atoms with E-state index < -0.39 is 17.9 Å². The Kier molecular flexibility index (Phi) is 6.12. The Labute approximate surface area is 166 Å². The Balaban J connectivity index is 1.58. The number of aryl methyl sites for hydroxylation is 1. The number of carbonyl (C=O) groups excluding carboxylic acids is 2. The third kappa shape index (κ3) is 5.34. The van der Waals surface area contributed by atoms with Gasteiger partial charge in [-0.05, 0) is 37.3 Å².